The van der Waals surface area contributed by atoms with E-state index >= 15 is 0 Å². The molecule has 0 amide bonds. The molecule has 2 aliphatic heterocycles. The number of fused-ring (bicyclic) bond motifs is 5. The number of carbonyl (C=O) groups excluding carboxylic acids is 2. The van der Waals surface area contributed by atoms with Crippen LogP contribution in [0.1, 0.15) is 98.3 Å². The summed E-state index contributed by atoms with van der Waals surface area (Å²) in [7, 11) is 0. The van der Waals surface area contributed by atoms with E-state index in [1.165, 1.54) is 44.9 Å². The summed E-state index contributed by atoms with van der Waals surface area (Å²) in [5.74, 6) is 2.42. The van der Waals surface area contributed by atoms with Gasteiger partial charge in [0.15, 0.2) is 0 Å². The maximum atomic E-state index is 12.7. The van der Waals surface area contributed by atoms with Gasteiger partial charge in [0.1, 0.15) is 12.2 Å². The summed E-state index contributed by atoms with van der Waals surface area (Å²) >= 11 is 0. The molecule has 0 spiro atoms. The van der Waals surface area contributed by atoms with Crippen LogP contribution in [0.3, 0.4) is 0 Å². The van der Waals surface area contributed by atoms with Gasteiger partial charge in [-0.15, -0.1) is 0 Å². The third-order valence-electron chi connectivity index (χ3n) is 12.8. The third kappa shape index (κ3) is 5.04. The van der Waals surface area contributed by atoms with Crippen LogP contribution >= 0.6 is 0 Å². The van der Waals surface area contributed by atoms with Gasteiger partial charge in [0.25, 0.3) is 0 Å². The SMILES string of the molecule is CCC(=O)O[C@H]1[C@@H](N2CCCCC2)C[C@H]2[C@@H]3CC[C@H]4C[C@H](OC(C)=O)[C@@H](N5CCOCC5)C[C@]4(C)[C@H]3CC[C@@]21C. The minimum Gasteiger partial charge on any atom is -0.461 e. The molecule has 2 saturated heterocycles. The van der Waals surface area contributed by atoms with E-state index in [0.717, 1.165) is 58.7 Å². The second-order valence-electron chi connectivity index (χ2n) is 14.7. The number of esters is 2. The first-order chi connectivity index (χ1) is 19.2. The van der Waals surface area contributed by atoms with Crippen molar-refractivity contribution < 1.29 is 23.8 Å². The largest absolute Gasteiger partial charge is 0.461 e. The normalized spacial score (nSPS) is 46.1. The average molecular weight is 559 g/mol. The summed E-state index contributed by atoms with van der Waals surface area (Å²) in [6.45, 7) is 14.3. The molecule has 7 nitrogen and oxygen atoms in total. The van der Waals surface area contributed by atoms with Crippen molar-refractivity contribution >= 4 is 11.9 Å². The highest BCUT2D eigenvalue weighted by Gasteiger charge is 2.65. The van der Waals surface area contributed by atoms with Crippen LogP contribution in [-0.2, 0) is 23.8 Å². The number of nitrogens with zero attached hydrogens (tertiary/aromatic N) is 2. The molecule has 226 valence electrons. The number of carbonyl (C=O) groups is 2. The molecule has 10 atom stereocenters. The van der Waals surface area contributed by atoms with Crippen molar-refractivity contribution in [2.45, 2.75) is 123 Å². The minimum atomic E-state index is -0.142. The number of likely N-dealkylation sites (tertiary alicyclic amines) is 1. The predicted octanol–water partition coefficient (Wildman–Crippen LogP) is 5.06. The van der Waals surface area contributed by atoms with Crippen LogP contribution in [0.2, 0.25) is 0 Å². The zero-order chi connectivity index (χ0) is 28.1. The first-order valence-electron chi connectivity index (χ1n) is 16.7. The van der Waals surface area contributed by atoms with E-state index in [-0.39, 0.29) is 41.0 Å². The van der Waals surface area contributed by atoms with Crippen molar-refractivity contribution in [3.8, 4) is 0 Å². The minimum absolute atomic E-state index is 0.00752. The highest BCUT2D eigenvalue weighted by atomic mass is 16.5. The molecular weight excluding hydrogens is 504 g/mol. The lowest BCUT2D eigenvalue weighted by atomic mass is 9.44. The Morgan fingerprint density at radius 3 is 2.27 bits per heavy atom. The van der Waals surface area contributed by atoms with Crippen molar-refractivity contribution in [3.63, 3.8) is 0 Å². The fourth-order valence-electron chi connectivity index (χ4n) is 10.9. The first-order valence-corrected chi connectivity index (χ1v) is 16.7. The van der Waals surface area contributed by atoms with Gasteiger partial charge in [0, 0.05) is 43.9 Å². The molecule has 40 heavy (non-hydrogen) atoms. The van der Waals surface area contributed by atoms with E-state index < -0.39 is 0 Å². The van der Waals surface area contributed by atoms with Crippen LogP contribution in [0.4, 0.5) is 0 Å². The second kappa shape index (κ2) is 11.5. The molecule has 2 heterocycles. The van der Waals surface area contributed by atoms with E-state index in [2.05, 4.69) is 23.6 Å². The van der Waals surface area contributed by atoms with Gasteiger partial charge in [-0.25, -0.2) is 0 Å². The van der Waals surface area contributed by atoms with E-state index in [1.54, 1.807) is 6.92 Å². The van der Waals surface area contributed by atoms with Gasteiger partial charge in [-0.2, -0.15) is 0 Å². The first kappa shape index (κ1) is 28.9. The standard InChI is InChI=1S/C33H54N2O5/c1-5-30(37)40-31-27(34-13-7-6-8-14-34)20-26-24-10-9-23-19-29(39-22(2)36)28(35-15-17-38-18-16-35)21-33(23,4)25(24)11-12-32(26,31)3/h23-29,31H,5-21H2,1-4H3/t23-,24+,25-,26-,27-,28-,29-,31-,32-,33-/m0/s1. The lowest BCUT2D eigenvalue weighted by molar-refractivity contribution is -0.182. The molecule has 0 aromatic heterocycles. The zero-order valence-electron chi connectivity index (χ0n) is 25.6. The van der Waals surface area contributed by atoms with Gasteiger partial charge in [-0.3, -0.25) is 19.4 Å². The molecular formula is C33H54N2O5. The van der Waals surface area contributed by atoms with Crippen molar-refractivity contribution in [2.24, 2.45) is 34.5 Å². The second-order valence-corrected chi connectivity index (χ2v) is 14.7. The molecule has 0 aromatic rings. The maximum absolute atomic E-state index is 12.7. The van der Waals surface area contributed by atoms with E-state index in [9.17, 15) is 9.59 Å². The fraction of sp³-hybridized carbons (Fsp3) is 0.939. The van der Waals surface area contributed by atoms with Crippen molar-refractivity contribution in [1.29, 1.82) is 0 Å². The summed E-state index contributed by atoms with van der Waals surface area (Å²) in [5.41, 5.74) is 0.318. The lowest BCUT2D eigenvalue weighted by Crippen LogP contribution is -2.61. The monoisotopic (exact) mass is 558 g/mol. The van der Waals surface area contributed by atoms with Gasteiger partial charge < -0.3 is 14.2 Å². The van der Waals surface area contributed by atoms with Crippen LogP contribution in [0, 0.1) is 34.5 Å². The smallest absolute Gasteiger partial charge is 0.305 e. The summed E-state index contributed by atoms with van der Waals surface area (Å²) in [5, 5.41) is 0. The van der Waals surface area contributed by atoms with Crippen LogP contribution in [0.15, 0.2) is 0 Å². The molecule has 6 rings (SSSR count). The van der Waals surface area contributed by atoms with Crippen molar-refractivity contribution in [3.05, 3.63) is 0 Å². The van der Waals surface area contributed by atoms with E-state index in [0.29, 0.717) is 36.1 Å². The zero-order valence-corrected chi connectivity index (χ0v) is 25.6. The van der Waals surface area contributed by atoms with Gasteiger partial charge in [0.2, 0.25) is 0 Å². The maximum Gasteiger partial charge on any atom is 0.305 e. The molecule has 7 heteroatoms. The molecule has 6 aliphatic rings. The number of morpholine rings is 1. The van der Waals surface area contributed by atoms with Crippen LogP contribution in [-0.4, -0.2) is 85.4 Å². The molecule has 0 N–H and O–H groups in total. The fourth-order valence-corrected chi connectivity index (χ4v) is 10.9. The summed E-state index contributed by atoms with van der Waals surface area (Å²) in [6.07, 6.45) is 12.5. The number of ether oxygens (including phenoxy) is 3. The quantitative estimate of drug-likeness (QED) is 0.437. The predicted molar refractivity (Wildman–Crippen MR) is 154 cm³/mol. The average Bonchev–Trinajstić information content (AvgIpc) is 3.25. The van der Waals surface area contributed by atoms with Crippen LogP contribution in [0.5, 0.6) is 0 Å². The Labute approximate surface area is 242 Å². The summed E-state index contributed by atoms with van der Waals surface area (Å²) in [6, 6.07) is 0.653. The van der Waals surface area contributed by atoms with Gasteiger partial charge >= 0.3 is 11.9 Å². The number of hydrogen-bond donors (Lipinski definition) is 0. The molecule has 0 bridgehead atoms. The van der Waals surface area contributed by atoms with Crippen LogP contribution < -0.4 is 0 Å². The van der Waals surface area contributed by atoms with Gasteiger partial charge in [-0.1, -0.05) is 27.2 Å². The molecule has 0 aromatic carbocycles. The number of piperidine rings is 1. The Balaban J connectivity index is 1.27. The lowest BCUT2D eigenvalue weighted by Gasteiger charge is -2.62. The summed E-state index contributed by atoms with van der Waals surface area (Å²) in [4.78, 5) is 30.2. The van der Waals surface area contributed by atoms with Gasteiger partial charge in [-0.05, 0) is 100.0 Å². The Hall–Kier alpha value is -1.18. The van der Waals surface area contributed by atoms with Crippen molar-refractivity contribution in [2.75, 3.05) is 39.4 Å². The highest BCUT2D eigenvalue weighted by Crippen LogP contribution is 2.67. The number of rotatable bonds is 5. The molecule has 0 radical (unpaired) electrons. The Morgan fingerprint density at radius 1 is 0.850 bits per heavy atom. The Morgan fingerprint density at radius 2 is 1.57 bits per heavy atom. The topological polar surface area (TPSA) is 68.3 Å². The Kier molecular flexibility index (Phi) is 8.30. The van der Waals surface area contributed by atoms with E-state index in [1.807, 2.05) is 6.92 Å². The van der Waals surface area contributed by atoms with E-state index in [4.69, 9.17) is 14.2 Å². The molecule has 6 fully saturated rings. The summed E-state index contributed by atoms with van der Waals surface area (Å²) < 4.78 is 18.1. The van der Waals surface area contributed by atoms with Crippen molar-refractivity contribution in [1.82, 2.24) is 9.80 Å². The van der Waals surface area contributed by atoms with Gasteiger partial charge in [0.05, 0.1) is 13.2 Å². The number of hydrogen-bond acceptors (Lipinski definition) is 7. The highest BCUT2D eigenvalue weighted by molar-refractivity contribution is 5.69. The molecule has 4 aliphatic carbocycles. The molecule has 0 unspecified atom stereocenters. The Bertz CT molecular complexity index is 932. The van der Waals surface area contributed by atoms with Crippen LogP contribution in [0.25, 0.3) is 0 Å². The molecule has 4 saturated carbocycles. The third-order valence-corrected chi connectivity index (χ3v) is 12.8.